The first-order valence-electron chi connectivity index (χ1n) is 8.18. The van der Waals surface area contributed by atoms with E-state index < -0.39 is 0 Å². The molecule has 0 radical (unpaired) electrons. The Hall–Kier alpha value is -1.22. The Kier molecular flexibility index (Phi) is 3.79. The Morgan fingerprint density at radius 3 is 2.57 bits per heavy atom. The summed E-state index contributed by atoms with van der Waals surface area (Å²) in [7, 11) is 4.09. The molecule has 2 fully saturated rings. The van der Waals surface area contributed by atoms with Gasteiger partial charge in [-0.25, -0.2) is 9.67 Å². The number of thiazole rings is 1. The number of likely N-dealkylation sites (N-methyl/N-ethyl adjacent to an activating group) is 1. The number of aliphatic hydroxyl groups is 1. The molecular formula is C15H24N6OS. The minimum Gasteiger partial charge on any atom is -0.390 e. The van der Waals surface area contributed by atoms with Crippen LogP contribution in [0.5, 0.6) is 0 Å². The molecule has 126 valence electrons. The van der Waals surface area contributed by atoms with E-state index in [2.05, 4.69) is 26.8 Å². The van der Waals surface area contributed by atoms with Crippen LogP contribution in [0.2, 0.25) is 0 Å². The van der Waals surface area contributed by atoms with Crippen molar-refractivity contribution in [1.29, 1.82) is 0 Å². The summed E-state index contributed by atoms with van der Waals surface area (Å²) < 4.78 is 3.00. The maximum Gasteiger partial charge on any atom is 0.188 e. The van der Waals surface area contributed by atoms with Crippen LogP contribution in [0.15, 0.2) is 0 Å². The highest BCUT2D eigenvalue weighted by Crippen LogP contribution is 2.33. The van der Waals surface area contributed by atoms with Gasteiger partial charge in [0.1, 0.15) is 0 Å². The number of aromatic nitrogens is 3. The second kappa shape index (κ2) is 5.70. The fraction of sp³-hybridized carbons (Fsp3) is 0.733. The third-order valence-corrected chi connectivity index (χ3v) is 6.28. The number of rotatable bonds is 2. The predicted molar refractivity (Wildman–Crippen MR) is 92.2 cm³/mol. The number of hydrogen-bond donors (Lipinski definition) is 1. The SMILES string of the molecule is Cc1nn(C)c2nc(N3C[C@H](O)[C@@H](N4CCN(C)CC4)C3)sc12. The Morgan fingerprint density at radius 2 is 1.87 bits per heavy atom. The van der Waals surface area contributed by atoms with E-state index in [-0.39, 0.29) is 12.1 Å². The lowest BCUT2D eigenvalue weighted by Crippen LogP contribution is -2.52. The lowest BCUT2D eigenvalue weighted by Gasteiger charge is -2.37. The van der Waals surface area contributed by atoms with Gasteiger partial charge >= 0.3 is 0 Å². The molecule has 0 spiro atoms. The Bertz CT molecular complexity index is 670. The monoisotopic (exact) mass is 336 g/mol. The van der Waals surface area contributed by atoms with Gasteiger partial charge in [-0.05, 0) is 14.0 Å². The van der Waals surface area contributed by atoms with Crippen molar-refractivity contribution < 1.29 is 5.11 Å². The van der Waals surface area contributed by atoms with E-state index in [1.165, 1.54) is 0 Å². The van der Waals surface area contributed by atoms with Crippen molar-refractivity contribution in [2.24, 2.45) is 7.05 Å². The van der Waals surface area contributed by atoms with Gasteiger partial charge in [0.2, 0.25) is 0 Å². The number of aliphatic hydroxyl groups excluding tert-OH is 1. The van der Waals surface area contributed by atoms with Gasteiger partial charge in [-0.1, -0.05) is 11.3 Å². The quantitative estimate of drug-likeness (QED) is 0.842. The molecule has 2 aromatic heterocycles. The first kappa shape index (κ1) is 15.3. The minimum atomic E-state index is -0.301. The van der Waals surface area contributed by atoms with E-state index in [0.717, 1.165) is 53.9 Å². The zero-order valence-electron chi connectivity index (χ0n) is 13.9. The molecule has 8 heteroatoms. The second-order valence-electron chi connectivity index (χ2n) is 6.74. The summed E-state index contributed by atoms with van der Waals surface area (Å²) in [4.78, 5) is 11.8. The molecule has 7 nitrogen and oxygen atoms in total. The highest BCUT2D eigenvalue weighted by molar-refractivity contribution is 7.22. The van der Waals surface area contributed by atoms with Crippen molar-refractivity contribution >= 4 is 26.8 Å². The van der Waals surface area contributed by atoms with Gasteiger partial charge < -0.3 is 14.9 Å². The average molecular weight is 336 g/mol. The number of β-amino-alcohol motifs (C(OH)–C–C–N with tert-alkyl or cyclic N) is 1. The Labute approximate surface area is 140 Å². The number of hydrogen-bond acceptors (Lipinski definition) is 7. The predicted octanol–water partition coefficient (Wildman–Crippen LogP) is 0.135. The lowest BCUT2D eigenvalue weighted by molar-refractivity contribution is 0.0512. The van der Waals surface area contributed by atoms with Crippen molar-refractivity contribution in [3.05, 3.63) is 5.69 Å². The van der Waals surface area contributed by atoms with Gasteiger partial charge in [0, 0.05) is 46.3 Å². The first-order valence-corrected chi connectivity index (χ1v) is 9.00. The number of piperazine rings is 1. The maximum absolute atomic E-state index is 10.5. The van der Waals surface area contributed by atoms with Crippen LogP contribution in [-0.2, 0) is 7.05 Å². The molecule has 2 aliphatic heterocycles. The van der Waals surface area contributed by atoms with Crippen LogP contribution >= 0.6 is 11.3 Å². The Balaban J connectivity index is 1.52. The van der Waals surface area contributed by atoms with Crippen LogP contribution < -0.4 is 4.90 Å². The fourth-order valence-corrected chi connectivity index (χ4v) is 4.70. The summed E-state index contributed by atoms with van der Waals surface area (Å²) >= 11 is 1.69. The average Bonchev–Trinajstić information content (AvgIpc) is 3.17. The third kappa shape index (κ3) is 2.63. The standard InChI is InChI=1S/C15H24N6OS/c1-10-13-14(19(3)17-10)16-15(23-13)21-8-11(12(22)9-21)20-6-4-18(2)5-7-20/h11-12,22H,4-9H2,1-3H3/t11-,12-/m0/s1. The molecule has 0 aromatic carbocycles. The topological polar surface area (TPSA) is 60.7 Å². The molecule has 2 aromatic rings. The van der Waals surface area contributed by atoms with Gasteiger partial charge in [-0.15, -0.1) is 0 Å². The van der Waals surface area contributed by atoms with E-state index in [1.807, 2.05) is 18.7 Å². The summed E-state index contributed by atoms with van der Waals surface area (Å²) in [6.45, 7) is 7.78. The maximum atomic E-state index is 10.5. The van der Waals surface area contributed by atoms with Gasteiger partial charge in [-0.3, -0.25) is 4.90 Å². The van der Waals surface area contributed by atoms with Gasteiger partial charge in [-0.2, -0.15) is 5.10 Å². The Morgan fingerprint density at radius 1 is 1.13 bits per heavy atom. The molecule has 0 saturated carbocycles. The van der Waals surface area contributed by atoms with Crippen LogP contribution in [0.4, 0.5) is 5.13 Å². The summed E-state index contributed by atoms with van der Waals surface area (Å²) in [6.07, 6.45) is -0.301. The molecular weight excluding hydrogens is 312 g/mol. The molecule has 0 aliphatic carbocycles. The first-order chi connectivity index (χ1) is 11.0. The molecule has 1 N–H and O–H groups in total. The van der Waals surface area contributed by atoms with E-state index >= 15 is 0 Å². The van der Waals surface area contributed by atoms with E-state index in [4.69, 9.17) is 4.98 Å². The van der Waals surface area contributed by atoms with Crippen LogP contribution in [0.3, 0.4) is 0 Å². The zero-order chi connectivity index (χ0) is 16.1. The number of aryl methyl sites for hydroxylation is 2. The van der Waals surface area contributed by atoms with E-state index in [0.29, 0.717) is 6.54 Å². The zero-order valence-corrected chi connectivity index (χ0v) is 14.8. The molecule has 2 saturated heterocycles. The van der Waals surface area contributed by atoms with Gasteiger partial charge in [0.25, 0.3) is 0 Å². The smallest absolute Gasteiger partial charge is 0.188 e. The molecule has 0 bridgehead atoms. The third-order valence-electron chi connectivity index (χ3n) is 5.07. The van der Waals surface area contributed by atoms with Crippen LogP contribution in [-0.4, -0.2) is 88.1 Å². The van der Waals surface area contributed by atoms with Crippen molar-refractivity contribution in [2.45, 2.75) is 19.1 Å². The molecule has 2 aliphatic rings. The summed E-state index contributed by atoms with van der Waals surface area (Å²) in [5.41, 5.74) is 1.97. The summed E-state index contributed by atoms with van der Waals surface area (Å²) in [5, 5.41) is 16.0. The highest BCUT2D eigenvalue weighted by atomic mass is 32.1. The highest BCUT2D eigenvalue weighted by Gasteiger charge is 2.37. The van der Waals surface area contributed by atoms with Crippen molar-refractivity contribution in [2.75, 3.05) is 51.2 Å². The number of fused-ring (bicyclic) bond motifs is 1. The fourth-order valence-electron chi connectivity index (χ4n) is 3.65. The van der Waals surface area contributed by atoms with E-state index in [1.54, 1.807) is 11.3 Å². The van der Waals surface area contributed by atoms with Crippen molar-refractivity contribution in [1.82, 2.24) is 24.6 Å². The normalized spacial score (nSPS) is 27.4. The largest absolute Gasteiger partial charge is 0.390 e. The molecule has 0 amide bonds. The number of nitrogens with zero attached hydrogens (tertiary/aromatic N) is 6. The molecule has 0 unspecified atom stereocenters. The van der Waals surface area contributed by atoms with Crippen LogP contribution in [0, 0.1) is 6.92 Å². The minimum absolute atomic E-state index is 0.218. The van der Waals surface area contributed by atoms with E-state index in [9.17, 15) is 5.11 Å². The van der Waals surface area contributed by atoms with Crippen LogP contribution in [0.1, 0.15) is 5.69 Å². The summed E-state index contributed by atoms with van der Waals surface area (Å²) in [5.74, 6) is 0. The molecule has 23 heavy (non-hydrogen) atoms. The second-order valence-corrected chi connectivity index (χ2v) is 7.71. The van der Waals surface area contributed by atoms with Gasteiger partial charge in [0.15, 0.2) is 10.8 Å². The molecule has 4 heterocycles. The number of anilines is 1. The molecule has 4 rings (SSSR count). The van der Waals surface area contributed by atoms with Gasteiger partial charge in [0.05, 0.1) is 22.5 Å². The summed E-state index contributed by atoms with van der Waals surface area (Å²) in [6, 6.07) is 0.218. The van der Waals surface area contributed by atoms with Crippen molar-refractivity contribution in [3.8, 4) is 0 Å². The lowest BCUT2D eigenvalue weighted by atomic mass is 10.1. The molecule has 2 atom stereocenters. The van der Waals surface area contributed by atoms with Crippen molar-refractivity contribution in [3.63, 3.8) is 0 Å². The van der Waals surface area contributed by atoms with Crippen LogP contribution in [0.25, 0.3) is 10.3 Å².